The summed E-state index contributed by atoms with van der Waals surface area (Å²) in [7, 11) is 3.26. The maximum absolute atomic E-state index is 8.70. The van der Waals surface area contributed by atoms with Gasteiger partial charge in [-0.05, 0) is 11.6 Å². The number of rotatable bonds is 8. The van der Waals surface area contributed by atoms with Crippen molar-refractivity contribution in [2.24, 2.45) is 10.9 Å². The van der Waals surface area contributed by atoms with E-state index in [0.29, 0.717) is 25.4 Å². The molecule has 4 N–H and O–H groups in total. The maximum atomic E-state index is 8.70. The normalized spacial score (nSPS) is 13.5. The number of methoxy groups -OCH3 is 2. The minimum Gasteiger partial charge on any atom is -0.409 e. The van der Waals surface area contributed by atoms with Crippen LogP contribution in [0.25, 0.3) is 0 Å². The van der Waals surface area contributed by atoms with Crippen LogP contribution in [0.3, 0.4) is 0 Å². The summed E-state index contributed by atoms with van der Waals surface area (Å²) >= 11 is 0. The van der Waals surface area contributed by atoms with E-state index >= 15 is 0 Å². The Bertz CT molecular complexity index is 412. The molecule has 7 heteroatoms. The second kappa shape index (κ2) is 8.41. The Morgan fingerprint density at radius 3 is 3.00 bits per heavy atom. The molecule has 1 unspecified atom stereocenters. The van der Waals surface area contributed by atoms with Gasteiger partial charge in [0.1, 0.15) is 5.69 Å². The molecular formula is C12H20N4O3. The molecule has 0 spiro atoms. The third-order valence-corrected chi connectivity index (χ3v) is 2.61. The first-order valence-corrected chi connectivity index (χ1v) is 5.87. The number of oxime groups is 1. The number of amidine groups is 1. The van der Waals surface area contributed by atoms with E-state index in [1.807, 2.05) is 6.07 Å². The summed E-state index contributed by atoms with van der Waals surface area (Å²) in [5.41, 5.74) is 6.89. The molecule has 1 heterocycles. The van der Waals surface area contributed by atoms with Gasteiger partial charge in [-0.25, -0.2) is 0 Å². The second-order valence-corrected chi connectivity index (χ2v) is 3.94. The Labute approximate surface area is 112 Å². The fourth-order valence-corrected chi connectivity index (χ4v) is 1.62. The molecule has 0 bridgehead atoms. The molecule has 1 aromatic heterocycles. The van der Waals surface area contributed by atoms with Gasteiger partial charge in [0.15, 0.2) is 5.84 Å². The molecule has 7 nitrogen and oxygen atoms in total. The molecule has 0 aliphatic rings. The van der Waals surface area contributed by atoms with Crippen molar-refractivity contribution in [2.75, 3.05) is 27.4 Å². The summed E-state index contributed by atoms with van der Waals surface area (Å²) in [5, 5.41) is 14.9. The van der Waals surface area contributed by atoms with Gasteiger partial charge in [-0.15, -0.1) is 0 Å². The number of nitrogens with one attached hydrogen (secondary N) is 1. The SMILES string of the molecule is COCC(CNCc1cccnc1/C(N)=N/O)OC. The lowest BCUT2D eigenvalue weighted by atomic mass is 10.2. The average molecular weight is 268 g/mol. The smallest absolute Gasteiger partial charge is 0.189 e. The van der Waals surface area contributed by atoms with Gasteiger partial charge in [0.25, 0.3) is 0 Å². The predicted octanol–water partition coefficient (Wildman–Crippen LogP) is -0.0729. The molecule has 19 heavy (non-hydrogen) atoms. The number of pyridine rings is 1. The molecule has 106 valence electrons. The van der Waals surface area contributed by atoms with E-state index in [1.54, 1.807) is 26.5 Å². The van der Waals surface area contributed by atoms with Crippen molar-refractivity contribution < 1.29 is 14.7 Å². The van der Waals surface area contributed by atoms with Crippen molar-refractivity contribution in [1.29, 1.82) is 0 Å². The van der Waals surface area contributed by atoms with Crippen LogP contribution < -0.4 is 11.1 Å². The molecule has 0 aliphatic carbocycles. The molecule has 0 aromatic carbocycles. The Hall–Kier alpha value is -1.70. The van der Waals surface area contributed by atoms with Crippen LogP contribution >= 0.6 is 0 Å². The number of ether oxygens (including phenoxy) is 2. The van der Waals surface area contributed by atoms with Crippen molar-refractivity contribution >= 4 is 5.84 Å². The number of nitrogens with two attached hydrogens (primary N) is 1. The minimum atomic E-state index is -0.0195. The van der Waals surface area contributed by atoms with Gasteiger partial charge in [-0.2, -0.15) is 0 Å². The number of hydrogen-bond donors (Lipinski definition) is 3. The largest absolute Gasteiger partial charge is 0.409 e. The Balaban J connectivity index is 2.58. The molecule has 0 radical (unpaired) electrons. The Morgan fingerprint density at radius 2 is 2.37 bits per heavy atom. The van der Waals surface area contributed by atoms with E-state index in [2.05, 4.69) is 15.5 Å². The minimum absolute atomic E-state index is 0.00224. The summed E-state index contributed by atoms with van der Waals surface area (Å²) in [6.45, 7) is 1.70. The zero-order chi connectivity index (χ0) is 14.1. The molecule has 1 rings (SSSR count). The highest BCUT2D eigenvalue weighted by molar-refractivity contribution is 5.96. The van der Waals surface area contributed by atoms with Crippen LogP contribution in [0, 0.1) is 0 Å². The van der Waals surface area contributed by atoms with E-state index in [1.165, 1.54) is 0 Å². The summed E-state index contributed by atoms with van der Waals surface area (Å²) in [4.78, 5) is 4.09. The van der Waals surface area contributed by atoms with E-state index in [-0.39, 0.29) is 11.9 Å². The molecule has 0 saturated heterocycles. The lowest BCUT2D eigenvalue weighted by Gasteiger charge is -2.15. The van der Waals surface area contributed by atoms with Gasteiger partial charge in [0, 0.05) is 33.5 Å². The van der Waals surface area contributed by atoms with Crippen LogP contribution in [0.1, 0.15) is 11.3 Å². The van der Waals surface area contributed by atoms with Crippen LogP contribution in [0.2, 0.25) is 0 Å². The van der Waals surface area contributed by atoms with Gasteiger partial charge in [-0.1, -0.05) is 11.2 Å². The average Bonchev–Trinajstić information content (AvgIpc) is 2.46. The summed E-state index contributed by atoms with van der Waals surface area (Å²) in [5.74, 6) is -0.00224. The van der Waals surface area contributed by atoms with Gasteiger partial charge in [0.2, 0.25) is 0 Å². The maximum Gasteiger partial charge on any atom is 0.189 e. The van der Waals surface area contributed by atoms with E-state index in [0.717, 1.165) is 5.56 Å². The van der Waals surface area contributed by atoms with Crippen molar-refractivity contribution in [1.82, 2.24) is 10.3 Å². The van der Waals surface area contributed by atoms with Gasteiger partial charge in [0.05, 0.1) is 12.7 Å². The van der Waals surface area contributed by atoms with E-state index < -0.39 is 0 Å². The first kappa shape index (κ1) is 15.4. The van der Waals surface area contributed by atoms with E-state index in [9.17, 15) is 0 Å². The van der Waals surface area contributed by atoms with Crippen LogP contribution in [-0.2, 0) is 16.0 Å². The molecule has 0 fully saturated rings. The third-order valence-electron chi connectivity index (χ3n) is 2.61. The number of aromatic nitrogens is 1. The molecule has 1 atom stereocenters. The molecule has 0 aliphatic heterocycles. The van der Waals surface area contributed by atoms with Gasteiger partial charge >= 0.3 is 0 Å². The number of hydrogen-bond acceptors (Lipinski definition) is 6. The summed E-state index contributed by atoms with van der Waals surface area (Å²) < 4.78 is 10.3. The van der Waals surface area contributed by atoms with Crippen LogP contribution in [0.4, 0.5) is 0 Å². The van der Waals surface area contributed by atoms with Crippen molar-refractivity contribution in [3.63, 3.8) is 0 Å². The highest BCUT2D eigenvalue weighted by Crippen LogP contribution is 2.04. The topological polar surface area (TPSA) is 102 Å². The Kier molecular flexibility index (Phi) is 6.80. The summed E-state index contributed by atoms with van der Waals surface area (Å²) in [6, 6.07) is 3.67. The lowest BCUT2D eigenvalue weighted by Crippen LogP contribution is -2.32. The monoisotopic (exact) mass is 268 g/mol. The highest BCUT2D eigenvalue weighted by Gasteiger charge is 2.10. The molecule has 0 amide bonds. The Morgan fingerprint density at radius 1 is 1.58 bits per heavy atom. The quantitative estimate of drug-likeness (QED) is 0.264. The van der Waals surface area contributed by atoms with Crippen LogP contribution in [0.15, 0.2) is 23.5 Å². The number of nitrogens with zero attached hydrogens (tertiary/aromatic N) is 2. The zero-order valence-corrected chi connectivity index (χ0v) is 11.2. The first-order valence-electron chi connectivity index (χ1n) is 5.87. The van der Waals surface area contributed by atoms with Crippen LogP contribution in [0.5, 0.6) is 0 Å². The third kappa shape index (κ3) is 4.82. The fourth-order valence-electron chi connectivity index (χ4n) is 1.62. The molecule has 1 aromatic rings. The predicted molar refractivity (Wildman–Crippen MR) is 71.1 cm³/mol. The molecular weight excluding hydrogens is 248 g/mol. The first-order chi connectivity index (χ1) is 9.22. The van der Waals surface area contributed by atoms with Crippen molar-refractivity contribution in [2.45, 2.75) is 12.6 Å². The van der Waals surface area contributed by atoms with Gasteiger partial charge in [-0.3, -0.25) is 4.98 Å². The standard InChI is InChI=1S/C12H20N4O3/c1-18-8-10(19-2)7-14-6-9-4-3-5-15-11(9)12(13)16-17/h3-5,10,14,17H,6-8H2,1-2H3,(H2,13,16). The fraction of sp³-hybridized carbons (Fsp3) is 0.500. The second-order valence-electron chi connectivity index (χ2n) is 3.94. The van der Waals surface area contributed by atoms with Crippen molar-refractivity contribution in [3.8, 4) is 0 Å². The zero-order valence-electron chi connectivity index (χ0n) is 11.2. The van der Waals surface area contributed by atoms with Crippen LogP contribution in [-0.4, -0.2) is 49.5 Å². The molecule has 0 saturated carbocycles. The van der Waals surface area contributed by atoms with E-state index in [4.69, 9.17) is 20.4 Å². The lowest BCUT2D eigenvalue weighted by molar-refractivity contribution is 0.0288. The highest BCUT2D eigenvalue weighted by atomic mass is 16.5. The van der Waals surface area contributed by atoms with Crippen molar-refractivity contribution in [3.05, 3.63) is 29.6 Å². The summed E-state index contributed by atoms with van der Waals surface area (Å²) in [6.07, 6.45) is 1.58. The van der Waals surface area contributed by atoms with Gasteiger partial charge < -0.3 is 25.7 Å².